The molecule has 2 aromatic heterocycles. The van der Waals surface area contributed by atoms with Gasteiger partial charge in [0.15, 0.2) is 0 Å². The van der Waals surface area contributed by atoms with E-state index in [0.29, 0.717) is 12.2 Å². The Kier molecular flexibility index (Phi) is 3.52. The van der Waals surface area contributed by atoms with E-state index in [0.717, 1.165) is 0 Å². The lowest BCUT2D eigenvalue weighted by Gasteiger charge is -2.14. The van der Waals surface area contributed by atoms with E-state index in [2.05, 4.69) is 15.4 Å². The SMILES string of the molecule is CC(Cn1cccn1)Nc1ccncc1[N+](=O)[O-]. The van der Waals surface area contributed by atoms with Gasteiger partial charge in [-0.15, -0.1) is 0 Å². The highest BCUT2D eigenvalue weighted by Crippen LogP contribution is 2.22. The summed E-state index contributed by atoms with van der Waals surface area (Å²) in [6.45, 7) is 2.57. The molecule has 7 nitrogen and oxygen atoms in total. The number of nitrogens with zero attached hydrogens (tertiary/aromatic N) is 4. The molecule has 0 spiro atoms. The van der Waals surface area contributed by atoms with Crippen LogP contribution in [-0.2, 0) is 6.54 Å². The van der Waals surface area contributed by atoms with Crippen molar-refractivity contribution in [2.45, 2.75) is 19.5 Å². The molecule has 0 aromatic carbocycles. The average molecular weight is 247 g/mol. The van der Waals surface area contributed by atoms with Gasteiger partial charge in [-0.1, -0.05) is 0 Å². The maximum Gasteiger partial charge on any atom is 0.310 e. The summed E-state index contributed by atoms with van der Waals surface area (Å²) in [5, 5.41) is 18.0. The number of nitro groups is 1. The normalized spacial score (nSPS) is 12.1. The third-order valence-corrected chi connectivity index (χ3v) is 2.42. The van der Waals surface area contributed by atoms with Crippen LogP contribution >= 0.6 is 0 Å². The summed E-state index contributed by atoms with van der Waals surface area (Å²) in [7, 11) is 0. The summed E-state index contributed by atoms with van der Waals surface area (Å²) in [6, 6.07) is 3.45. The molecule has 0 saturated carbocycles. The maximum atomic E-state index is 10.8. The molecule has 7 heteroatoms. The molecule has 1 N–H and O–H groups in total. The van der Waals surface area contributed by atoms with E-state index in [9.17, 15) is 10.1 Å². The highest BCUT2D eigenvalue weighted by Gasteiger charge is 2.15. The Morgan fingerprint density at radius 3 is 3.06 bits per heavy atom. The van der Waals surface area contributed by atoms with Gasteiger partial charge < -0.3 is 5.32 Å². The second-order valence-electron chi connectivity index (χ2n) is 3.92. The fourth-order valence-corrected chi connectivity index (χ4v) is 1.65. The summed E-state index contributed by atoms with van der Waals surface area (Å²) in [4.78, 5) is 14.1. The summed E-state index contributed by atoms with van der Waals surface area (Å²) < 4.78 is 1.77. The summed E-state index contributed by atoms with van der Waals surface area (Å²) in [5.74, 6) is 0. The lowest BCUT2D eigenvalue weighted by molar-refractivity contribution is -0.384. The fraction of sp³-hybridized carbons (Fsp3) is 0.273. The fourth-order valence-electron chi connectivity index (χ4n) is 1.65. The summed E-state index contributed by atoms with van der Waals surface area (Å²) in [6.07, 6.45) is 6.31. The Bertz CT molecular complexity index is 526. The zero-order valence-corrected chi connectivity index (χ0v) is 9.85. The van der Waals surface area contributed by atoms with Gasteiger partial charge in [-0.05, 0) is 19.1 Å². The van der Waals surface area contributed by atoms with Gasteiger partial charge in [0.25, 0.3) is 0 Å². The minimum atomic E-state index is -0.448. The van der Waals surface area contributed by atoms with Crippen molar-refractivity contribution < 1.29 is 4.92 Å². The first-order valence-electron chi connectivity index (χ1n) is 5.49. The lowest BCUT2D eigenvalue weighted by atomic mass is 10.3. The van der Waals surface area contributed by atoms with Gasteiger partial charge in [0.05, 0.1) is 11.5 Å². The van der Waals surface area contributed by atoms with Crippen molar-refractivity contribution in [3.8, 4) is 0 Å². The van der Waals surface area contributed by atoms with Crippen LogP contribution in [0, 0.1) is 10.1 Å². The number of aromatic nitrogens is 3. The topological polar surface area (TPSA) is 85.9 Å². The van der Waals surface area contributed by atoms with Crippen molar-refractivity contribution in [1.82, 2.24) is 14.8 Å². The molecular weight excluding hydrogens is 234 g/mol. The zero-order chi connectivity index (χ0) is 13.0. The molecule has 0 radical (unpaired) electrons. The van der Waals surface area contributed by atoms with E-state index in [1.807, 2.05) is 19.2 Å². The number of anilines is 1. The van der Waals surface area contributed by atoms with E-state index in [4.69, 9.17) is 0 Å². The predicted octanol–water partition coefficient (Wildman–Crippen LogP) is 1.69. The molecule has 18 heavy (non-hydrogen) atoms. The van der Waals surface area contributed by atoms with E-state index in [1.165, 1.54) is 12.4 Å². The van der Waals surface area contributed by atoms with Crippen molar-refractivity contribution in [3.05, 3.63) is 47.0 Å². The first-order valence-corrected chi connectivity index (χ1v) is 5.49. The smallest absolute Gasteiger partial charge is 0.310 e. The first kappa shape index (κ1) is 12.0. The van der Waals surface area contributed by atoms with Crippen LogP contribution in [0.2, 0.25) is 0 Å². The van der Waals surface area contributed by atoms with E-state index >= 15 is 0 Å². The Labute approximate surface area is 104 Å². The lowest BCUT2D eigenvalue weighted by Crippen LogP contribution is -2.22. The van der Waals surface area contributed by atoms with Gasteiger partial charge in [0.1, 0.15) is 11.9 Å². The first-order chi connectivity index (χ1) is 8.66. The van der Waals surface area contributed by atoms with E-state index in [1.54, 1.807) is 16.9 Å². The minimum absolute atomic E-state index is 0.0194. The van der Waals surface area contributed by atoms with Gasteiger partial charge in [-0.3, -0.25) is 19.8 Å². The Morgan fingerprint density at radius 1 is 1.56 bits per heavy atom. The zero-order valence-electron chi connectivity index (χ0n) is 9.85. The monoisotopic (exact) mass is 247 g/mol. The van der Waals surface area contributed by atoms with Crippen molar-refractivity contribution >= 4 is 11.4 Å². The average Bonchev–Trinajstić information content (AvgIpc) is 2.82. The molecule has 1 unspecified atom stereocenters. The highest BCUT2D eigenvalue weighted by molar-refractivity contribution is 5.59. The van der Waals surface area contributed by atoms with Gasteiger partial charge in [0, 0.05) is 24.6 Å². The van der Waals surface area contributed by atoms with Crippen LogP contribution in [0.4, 0.5) is 11.4 Å². The molecule has 0 amide bonds. The molecule has 1 atom stereocenters. The summed E-state index contributed by atoms with van der Waals surface area (Å²) in [5.41, 5.74) is 0.444. The number of pyridine rings is 1. The van der Waals surface area contributed by atoms with Crippen molar-refractivity contribution in [1.29, 1.82) is 0 Å². The predicted molar refractivity (Wildman–Crippen MR) is 66.2 cm³/mol. The van der Waals surface area contributed by atoms with Crippen LogP contribution in [0.25, 0.3) is 0 Å². The molecule has 0 fully saturated rings. The molecule has 2 heterocycles. The second-order valence-corrected chi connectivity index (χ2v) is 3.92. The Morgan fingerprint density at radius 2 is 2.39 bits per heavy atom. The standard InChI is InChI=1S/C11H13N5O2/c1-9(8-15-6-2-4-13-15)14-10-3-5-12-7-11(10)16(17)18/h2-7,9H,8H2,1H3,(H,12,14). The van der Waals surface area contributed by atoms with Gasteiger partial charge >= 0.3 is 5.69 Å². The number of nitrogens with one attached hydrogen (secondary N) is 1. The van der Waals surface area contributed by atoms with E-state index in [-0.39, 0.29) is 11.7 Å². The van der Waals surface area contributed by atoms with Crippen LogP contribution in [-0.4, -0.2) is 25.7 Å². The van der Waals surface area contributed by atoms with Crippen LogP contribution in [0.1, 0.15) is 6.92 Å². The van der Waals surface area contributed by atoms with Crippen LogP contribution in [0.3, 0.4) is 0 Å². The van der Waals surface area contributed by atoms with Crippen molar-refractivity contribution in [2.75, 3.05) is 5.32 Å². The van der Waals surface area contributed by atoms with Gasteiger partial charge in [-0.25, -0.2) is 0 Å². The minimum Gasteiger partial charge on any atom is -0.375 e. The molecule has 0 aliphatic heterocycles. The third kappa shape index (κ3) is 2.82. The molecule has 0 bridgehead atoms. The highest BCUT2D eigenvalue weighted by atomic mass is 16.6. The van der Waals surface area contributed by atoms with Gasteiger partial charge in [-0.2, -0.15) is 5.10 Å². The molecule has 0 aliphatic carbocycles. The molecule has 2 rings (SSSR count). The molecular formula is C11H13N5O2. The quantitative estimate of drug-likeness (QED) is 0.641. The number of hydrogen-bond donors (Lipinski definition) is 1. The third-order valence-electron chi connectivity index (χ3n) is 2.42. The Hall–Kier alpha value is -2.44. The van der Waals surface area contributed by atoms with Crippen LogP contribution in [0.5, 0.6) is 0 Å². The molecule has 2 aromatic rings. The molecule has 0 saturated heterocycles. The van der Waals surface area contributed by atoms with Gasteiger partial charge in [0.2, 0.25) is 0 Å². The van der Waals surface area contributed by atoms with Crippen molar-refractivity contribution in [2.24, 2.45) is 0 Å². The van der Waals surface area contributed by atoms with Crippen LogP contribution < -0.4 is 5.32 Å². The summed E-state index contributed by atoms with van der Waals surface area (Å²) >= 11 is 0. The Balaban J connectivity index is 2.07. The van der Waals surface area contributed by atoms with E-state index < -0.39 is 4.92 Å². The number of hydrogen-bond acceptors (Lipinski definition) is 5. The second kappa shape index (κ2) is 5.26. The maximum absolute atomic E-state index is 10.8. The molecule has 0 aliphatic rings. The largest absolute Gasteiger partial charge is 0.375 e. The van der Waals surface area contributed by atoms with Crippen molar-refractivity contribution in [3.63, 3.8) is 0 Å². The van der Waals surface area contributed by atoms with Crippen LogP contribution in [0.15, 0.2) is 36.9 Å². The number of rotatable bonds is 5. The molecule has 94 valence electrons.